The van der Waals surface area contributed by atoms with Crippen molar-refractivity contribution in [1.82, 2.24) is 30.5 Å². The van der Waals surface area contributed by atoms with Crippen LogP contribution in [0.2, 0.25) is 0 Å². The number of nitrogens with zero attached hydrogens (tertiary/aromatic N) is 4. The average Bonchev–Trinajstić information content (AvgIpc) is 3.55. The maximum atomic E-state index is 4.65. The number of piperidine rings is 1. The van der Waals surface area contributed by atoms with Gasteiger partial charge in [-0.25, -0.2) is 4.98 Å². The molecule has 1 fully saturated rings. The Morgan fingerprint density at radius 3 is 2.73 bits per heavy atom. The Kier molecular flexibility index (Phi) is 7.21. The number of nitrogens with one attached hydrogen (secondary N) is 3. The molecule has 0 aromatic carbocycles. The van der Waals surface area contributed by atoms with E-state index in [-0.39, 0.29) is 0 Å². The molecule has 4 aromatic rings. The van der Waals surface area contributed by atoms with Crippen LogP contribution in [-0.4, -0.2) is 38.2 Å². The van der Waals surface area contributed by atoms with E-state index in [0.717, 1.165) is 70.8 Å². The zero-order chi connectivity index (χ0) is 25.8. The number of aromatic amines is 2. The van der Waals surface area contributed by atoms with Gasteiger partial charge in [0, 0.05) is 47.0 Å². The Morgan fingerprint density at radius 2 is 1.97 bits per heavy atom. The molecule has 0 unspecified atom stereocenters. The van der Waals surface area contributed by atoms with Gasteiger partial charge in [-0.15, -0.1) is 0 Å². The summed E-state index contributed by atoms with van der Waals surface area (Å²) in [5.41, 5.74) is 8.73. The second-order valence-electron chi connectivity index (χ2n) is 9.57. The van der Waals surface area contributed by atoms with E-state index in [9.17, 15) is 0 Å². The second kappa shape index (κ2) is 10.9. The van der Waals surface area contributed by atoms with Gasteiger partial charge in [0.25, 0.3) is 0 Å². The summed E-state index contributed by atoms with van der Waals surface area (Å²) in [5.74, 6) is 0. The van der Waals surface area contributed by atoms with Crippen molar-refractivity contribution >= 4 is 33.2 Å². The predicted octanol–water partition coefficient (Wildman–Crippen LogP) is 6.87. The molecule has 1 aliphatic heterocycles. The van der Waals surface area contributed by atoms with Crippen LogP contribution in [0.4, 0.5) is 5.69 Å². The van der Waals surface area contributed by atoms with E-state index in [0.29, 0.717) is 5.65 Å². The molecular weight excluding hydrogens is 458 g/mol. The number of fused-ring (bicyclic) bond motifs is 2. The van der Waals surface area contributed by atoms with Crippen molar-refractivity contribution in [2.75, 3.05) is 18.0 Å². The molecule has 7 heteroatoms. The molecule has 0 saturated carbocycles. The molecule has 4 aromatic heterocycles. The number of allylic oxidation sites excluding steroid dienone is 5. The van der Waals surface area contributed by atoms with Gasteiger partial charge in [-0.3, -0.25) is 10.1 Å². The number of hydrogen-bond donors (Lipinski definition) is 3. The Hall–Kier alpha value is -4.13. The van der Waals surface area contributed by atoms with Gasteiger partial charge in [-0.1, -0.05) is 32.6 Å². The largest absolute Gasteiger partial charge is 0.370 e. The second-order valence-corrected chi connectivity index (χ2v) is 9.57. The van der Waals surface area contributed by atoms with Crippen LogP contribution in [0.5, 0.6) is 0 Å². The highest BCUT2D eigenvalue weighted by molar-refractivity contribution is 5.99. The van der Waals surface area contributed by atoms with Crippen LogP contribution >= 0.6 is 0 Å². The van der Waals surface area contributed by atoms with Crippen LogP contribution in [-0.2, 0) is 0 Å². The lowest BCUT2D eigenvalue weighted by Crippen LogP contribution is -2.29. The molecule has 0 radical (unpaired) electrons. The minimum absolute atomic E-state index is 0.685. The van der Waals surface area contributed by atoms with Crippen molar-refractivity contribution in [2.24, 2.45) is 0 Å². The van der Waals surface area contributed by atoms with E-state index in [1.54, 1.807) is 0 Å². The molecule has 190 valence electrons. The topological polar surface area (TPSA) is 85.5 Å². The zero-order valence-electron chi connectivity index (χ0n) is 21.8. The number of hydrogen-bond acceptors (Lipinski definition) is 5. The highest BCUT2D eigenvalue weighted by Crippen LogP contribution is 2.34. The van der Waals surface area contributed by atoms with Gasteiger partial charge in [0.05, 0.1) is 35.0 Å². The van der Waals surface area contributed by atoms with Crippen molar-refractivity contribution in [3.63, 3.8) is 0 Å². The molecule has 0 amide bonds. The first-order chi connectivity index (χ1) is 18.1. The maximum Gasteiger partial charge on any atom is 0.181 e. The lowest BCUT2D eigenvalue weighted by atomic mass is 10.0. The lowest BCUT2D eigenvalue weighted by molar-refractivity contribution is 0.578. The van der Waals surface area contributed by atoms with E-state index in [1.807, 2.05) is 31.6 Å². The van der Waals surface area contributed by atoms with Gasteiger partial charge in [-0.2, -0.15) is 5.10 Å². The van der Waals surface area contributed by atoms with Crippen molar-refractivity contribution < 1.29 is 0 Å². The van der Waals surface area contributed by atoms with Crippen LogP contribution in [0.25, 0.3) is 38.9 Å². The molecule has 0 bridgehead atoms. The molecule has 7 nitrogen and oxygen atoms in total. The quantitative estimate of drug-likeness (QED) is 0.222. The summed E-state index contributed by atoms with van der Waals surface area (Å²) in [6.45, 7) is 14.4. The van der Waals surface area contributed by atoms with Crippen LogP contribution in [0.1, 0.15) is 51.5 Å². The van der Waals surface area contributed by atoms with Gasteiger partial charge in [0.2, 0.25) is 0 Å². The van der Waals surface area contributed by atoms with E-state index < -0.39 is 0 Å². The average molecular weight is 494 g/mol. The molecule has 0 spiro atoms. The Balaban J connectivity index is 1.51. The van der Waals surface area contributed by atoms with Gasteiger partial charge in [-0.05, 0) is 62.5 Å². The summed E-state index contributed by atoms with van der Waals surface area (Å²) in [5, 5.41) is 13.2. The fourth-order valence-corrected chi connectivity index (χ4v) is 5.04. The third-order valence-electron chi connectivity index (χ3n) is 6.95. The highest BCUT2D eigenvalue weighted by atomic mass is 15.2. The highest BCUT2D eigenvalue weighted by Gasteiger charge is 2.18. The number of H-pyrrole nitrogens is 2. The monoisotopic (exact) mass is 493 g/mol. The summed E-state index contributed by atoms with van der Waals surface area (Å²) in [6, 6.07) is 4.35. The molecular formula is C30H35N7. The van der Waals surface area contributed by atoms with Gasteiger partial charge >= 0.3 is 0 Å². The van der Waals surface area contributed by atoms with E-state index in [4.69, 9.17) is 0 Å². The summed E-state index contributed by atoms with van der Waals surface area (Å²) >= 11 is 0. The fourth-order valence-electron chi connectivity index (χ4n) is 5.04. The number of pyridine rings is 2. The molecule has 3 N–H and O–H groups in total. The number of rotatable bonds is 9. The van der Waals surface area contributed by atoms with Crippen molar-refractivity contribution in [2.45, 2.75) is 46.0 Å². The molecule has 0 atom stereocenters. The normalized spacial score (nSPS) is 14.9. The summed E-state index contributed by atoms with van der Waals surface area (Å²) < 4.78 is 0. The Bertz CT molecular complexity index is 1490. The summed E-state index contributed by atoms with van der Waals surface area (Å²) in [6.07, 6.45) is 17.4. The fraction of sp³-hybridized carbons (Fsp3) is 0.300. The first-order valence-electron chi connectivity index (χ1n) is 13.1. The SMILES string of the molecule is C=C/C(=C\C(=C/C)c1cnc2n[nH]c(-c3cc4c(N5CCCCC5)cncc4[nH]3)c2c1)NC(=C)CCC. The third-order valence-corrected chi connectivity index (χ3v) is 6.95. The Morgan fingerprint density at radius 1 is 1.14 bits per heavy atom. The van der Waals surface area contributed by atoms with Crippen molar-refractivity contribution in [1.29, 1.82) is 0 Å². The standard InChI is InChI=1S/C30H35N7/c1-5-11-20(4)33-23(7-3)14-21(6-2)22-15-25-29(35-36-30(25)32-17-22)26-16-24-27(34-26)18-31-19-28(24)37-12-9-8-10-13-37/h6-7,14-19,33-34H,3-5,8-13H2,1-2H3,(H,32,35,36)/b21-6+,23-14+. The minimum Gasteiger partial charge on any atom is -0.370 e. The third kappa shape index (κ3) is 5.07. The van der Waals surface area contributed by atoms with E-state index in [2.05, 4.69) is 79.7 Å². The minimum atomic E-state index is 0.685. The van der Waals surface area contributed by atoms with Crippen molar-refractivity contribution in [3.05, 3.63) is 79.1 Å². The molecule has 5 rings (SSSR count). The van der Waals surface area contributed by atoms with Crippen LogP contribution in [0.3, 0.4) is 0 Å². The van der Waals surface area contributed by atoms with Gasteiger partial charge in [0.15, 0.2) is 5.65 Å². The predicted molar refractivity (Wildman–Crippen MR) is 154 cm³/mol. The summed E-state index contributed by atoms with van der Waals surface area (Å²) in [7, 11) is 0. The van der Waals surface area contributed by atoms with Gasteiger partial charge in [0.1, 0.15) is 0 Å². The molecule has 1 saturated heterocycles. The lowest BCUT2D eigenvalue weighted by Gasteiger charge is -2.28. The van der Waals surface area contributed by atoms with Crippen molar-refractivity contribution in [3.8, 4) is 11.4 Å². The maximum absolute atomic E-state index is 4.65. The Labute approximate surface area is 218 Å². The molecule has 0 aliphatic carbocycles. The van der Waals surface area contributed by atoms with E-state index >= 15 is 0 Å². The van der Waals surface area contributed by atoms with Crippen LogP contribution in [0, 0.1) is 0 Å². The molecule has 37 heavy (non-hydrogen) atoms. The first-order valence-corrected chi connectivity index (χ1v) is 13.1. The zero-order valence-corrected chi connectivity index (χ0v) is 21.8. The first kappa shape index (κ1) is 24.6. The van der Waals surface area contributed by atoms with Crippen LogP contribution in [0.15, 0.2) is 73.5 Å². The number of aromatic nitrogens is 5. The van der Waals surface area contributed by atoms with E-state index in [1.165, 1.54) is 30.3 Å². The number of anilines is 1. The molecule has 5 heterocycles. The summed E-state index contributed by atoms with van der Waals surface area (Å²) in [4.78, 5) is 15.2. The molecule has 1 aliphatic rings. The van der Waals surface area contributed by atoms with Crippen LogP contribution < -0.4 is 10.2 Å². The van der Waals surface area contributed by atoms with Gasteiger partial charge < -0.3 is 15.2 Å². The smallest absolute Gasteiger partial charge is 0.181 e.